The normalized spacial score (nSPS) is 10.9. The van der Waals surface area contributed by atoms with Crippen LogP contribution in [0.3, 0.4) is 0 Å². The predicted octanol–water partition coefficient (Wildman–Crippen LogP) is 5.81. The number of hydrogen-bond donors (Lipinski definition) is 1. The molecule has 1 amide bonds. The Bertz CT molecular complexity index is 1230. The van der Waals surface area contributed by atoms with Crippen LogP contribution in [0.15, 0.2) is 66.2 Å². The first-order valence-corrected chi connectivity index (χ1v) is 12.2. The summed E-state index contributed by atoms with van der Waals surface area (Å²) in [5.41, 5.74) is 3.83. The van der Waals surface area contributed by atoms with Crippen LogP contribution in [0.4, 0.5) is 0 Å². The molecule has 3 aromatic carbocycles. The molecule has 180 valence electrons. The smallest absolute Gasteiger partial charge is 0.262 e. The maximum Gasteiger partial charge on any atom is 0.262 e. The Hall–Kier alpha value is -3.51. The molecule has 0 aliphatic carbocycles. The Labute approximate surface area is 219 Å². The number of aryl methyl sites for hydroxylation is 1. The van der Waals surface area contributed by atoms with Crippen molar-refractivity contribution in [2.24, 2.45) is 0 Å². The molecule has 0 atom stereocenters. The van der Waals surface area contributed by atoms with E-state index in [2.05, 4.69) is 27.9 Å². The lowest BCUT2D eigenvalue weighted by molar-refractivity contribution is -0.117. The Morgan fingerprint density at radius 3 is 2.37 bits per heavy atom. The molecule has 0 bridgehead atoms. The van der Waals surface area contributed by atoms with Gasteiger partial charge in [-0.15, -0.1) is 0 Å². The zero-order valence-electron chi connectivity index (χ0n) is 19.9. The molecule has 35 heavy (non-hydrogen) atoms. The van der Waals surface area contributed by atoms with Crippen molar-refractivity contribution >= 4 is 34.6 Å². The van der Waals surface area contributed by atoms with Gasteiger partial charge in [0.1, 0.15) is 24.0 Å². The number of carbonyl (C=O) groups is 1. The zero-order valence-corrected chi connectivity index (χ0v) is 22.1. The fourth-order valence-corrected chi connectivity index (χ4v) is 4.03. The van der Waals surface area contributed by atoms with Crippen LogP contribution in [-0.2, 0) is 17.9 Å². The van der Waals surface area contributed by atoms with E-state index in [4.69, 9.17) is 14.2 Å². The van der Waals surface area contributed by atoms with Gasteiger partial charge in [-0.3, -0.25) is 4.79 Å². The van der Waals surface area contributed by atoms with Gasteiger partial charge in [0, 0.05) is 6.54 Å². The largest absolute Gasteiger partial charge is 0.497 e. The van der Waals surface area contributed by atoms with Crippen molar-refractivity contribution in [3.63, 3.8) is 0 Å². The summed E-state index contributed by atoms with van der Waals surface area (Å²) in [6, 6.07) is 21.2. The first-order valence-electron chi connectivity index (χ1n) is 11.1. The molecule has 7 heteroatoms. The SMILES string of the molecule is CCOc1cc(/C=C(/C#N)C(=O)NCc2ccc(OC)cc2)cc(I)c1OCc1ccc(C)cc1. The predicted molar refractivity (Wildman–Crippen MR) is 144 cm³/mol. The highest BCUT2D eigenvalue weighted by molar-refractivity contribution is 14.1. The van der Waals surface area contributed by atoms with E-state index in [-0.39, 0.29) is 5.57 Å². The summed E-state index contributed by atoms with van der Waals surface area (Å²) in [7, 11) is 1.60. The van der Waals surface area contributed by atoms with Crippen molar-refractivity contribution < 1.29 is 19.0 Å². The Balaban J connectivity index is 1.75. The molecule has 0 spiro atoms. The van der Waals surface area contributed by atoms with Crippen LogP contribution in [0.25, 0.3) is 6.08 Å². The van der Waals surface area contributed by atoms with Crippen LogP contribution in [0, 0.1) is 21.8 Å². The number of nitrogens with zero attached hydrogens (tertiary/aromatic N) is 1. The van der Waals surface area contributed by atoms with Gasteiger partial charge in [0.15, 0.2) is 11.5 Å². The average molecular weight is 582 g/mol. The summed E-state index contributed by atoms with van der Waals surface area (Å²) in [5, 5.41) is 12.4. The fraction of sp³-hybridized carbons (Fsp3) is 0.214. The second kappa shape index (κ2) is 12.8. The van der Waals surface area contributed by atoms with Gasteiger partial charge < -0.3 is 19.5 Å². The summed E-state index contributed by atoms with van der Waals surface area (Å²) in [6.45, 7) is 5.10. The summed E-state index contributed by atoms with van der Waals surface area (Å²) in [6.07, 6.45) is 1.55. The van der Waals surface area contributed by atoms with Crippen LogP contribution < -0.4 is 19.5 Å². The van der Waals surface area contributed by atoms with Gasteiger partial charge in [0.2, 0.25) is 0 Å². The molecule has 3 rings (SSSR count). The van der Waals surface area contributed by atoms with Crippen molar-refractivity contribution in [3.8, 4) is 23.3 Å². The summed E-state index contributed by atoms with van der Waals surface area (Å²) in [4.78, 5) is 12.6. The fourth-order valence-electron chi connectivity index (χ4n) is 3.25. The van der Waals surface area contributed by atoms with E-state index >= 15 is 0 Å². The molecule has 0 saturated carbocycles. The zero-order chi connectivity index (χ0) is 25.2. The number of hydrogen-bond acceptors (Lipinski definition) is 5. The maximum atomic E-state index is 12.6. The van der Waals surface area contributed by atoms with Gasteiger partial charge in [-0.25, -0.2) is 0 Å². The average Bonchev–Trinajstić information content (AvgIpc) is 2.87. The lowest BCUT2D eigenvalue weighted by Crippen LogP contribution is -2.23. The first kappa shape index (κ1) is 26.1. The molecule has 0 heterocycles. The number of nitrogens with one attached hydrogen (secondary N) is 1. The first-order chi connectivity index (χ1) is 16.9. The lowest BCUT2D eigenvalue weighted by Gasteiger charge is -2.15. The minimum Gasteiger partial charge on any atom is -0.497 e. The number of ether oxygens (including phenoxy) is 3. The topological polar surface area (TPSA) is 80.6 Å². The Morgan fingerprint density at radius 1 is 1.06 bits per heavy atom. The molecule has 1 N–H and O–H groups in total. The van der Waals surface area contributed by atoms with Crippen LogP contribution >= 0.6 is 22.6 Å². The monoisotopic (exact) mass is 582 g/mol. The number of halogens is 1. The van der Waals surface area contributed by atoms with Crippen molar-refractivity contribution in [3.05, 3.63) is 92.1 Å². The molecular formula is C28H27IN2O4. The van der Waals surface area contributed by atoms with E-state index in [1.54, 1.807) is 19.3 Å². The number of rotatable bonds is 10. The third-order valence-electron chi connectivity index (χ3n) is 5.12. The third kappa shape index (κ3) is 7.49. The number of benzene rings is 3. The van der Waals surface area contributed by atoms with Gasteiger partial charge >= 0.3 is 0 Å². The Kier molecular flexibility index (Phi) is 9.56. The van der Waals surface area contributed by atoms with E-state index < -0.39 is 5.91 Å². The standard InChI is InChI=1S/C28H27IN2O4/c1-4-34-26-15-22(14-25(29)27(26)35-18-21-7-5-19(2)6-8-21)13-23(16-30)28(32)31-17-20-9-11-24(33-3)12-10-20/h5-15H,4,17-18H2,1-3H3,(H,31,32)/b23-13-. The van der Waals surface area contributed by atoms with E-state index in [0.717, 1.165) is 20.4 Å². The van der Waals surface area contributed by atoms with Gasteiger partial charge in [-0.2, -0.15) is 5.26 Å². The van der Waals surface area contributed by atoms with Crippen LogP contribution in [0.1, 0.15) is 29.2 Å². The number of amides is 1. The number of carbonyl (C=O) groups excluding carboxylic acids is 1. The molecule has 0 saturated heterocycles. The van der Waals surface area contributed by atoms with Crippen molar-refractivity contribution in [1.29, 1.82) is 5.26 Å². The molecule has 0 aliphatic heterocycles. The summed E-state index contributed by atoms with van der Waals surface area (Å²) in [5.74, 6) is 1.49. The van der Waals surface area contributed by atoms with Crippen LogP contribution in [0.2, 0.25) is 0 Å². The highest BCUT2D eigenvalue weighted by atomic mass is 127. The highest BCUT2D eigenvalue weighted by Gasteiger charge is 2.14. The second-order valence-electron chi connectivity index (χ2n) is 7.74. The molecule has 0 fully saturated rings. The maximum absolute atomic E-state index is 12.6. The van der Waals surface area contributed by atoms with Crippen LogP contribution in [-0.4, -0.2) is 19.6 Å². The number of nitriles is 1. The number of methoxy groups -OCH3 is 1. The van der Waals surface area contributed by atoms with E-state index in [9.17, 15) is 10.1 Å². The van der Waals surface area contributed by atoms with Gasteiger partial charge in [-0.05, 0) is 83.5 Å². The molecule has 0 aliphatic rings. The van der Waals surface area contributed by atoms with Crippen LogP contribution in [0.5, 0.6) is 17.2 Å². The summed E-state index contributed by atoms with van der Waals surface area (Å²) < 4.78 is 17.9. The molecule has 0 radical (unpaired) electrons. The van der Waals surface area contributed by atoms with E-state index in [1.165, 1.54) is 5.56 Å². The Morgan fingerprint density at radius 2 is 1.74 bits per heavy atom. The van der Waals surface area contributed by atoms with Crippen molar-refractivity contribution in [2.45, 2.75) is 27.0 Å². The highest BCUT2D eigenvalue weighted by Crippen LogP contribution is 2.35. The molecule has 6 nitrogen and oxygen atoms in total. The molecule has 0 unspecified atom stereocenters. The van der Waals surface area contributed by atoms with Crippen molar-refractivity contribution in [1.82, 2.24) is 5.32 Å². The second-order valence-corrected chi connectivity index (χ2v) is 8.90. The summed E-state index contributed by atoms with van der Waals surface area (Å²) >= 11 is 2.18. The minimum atomic E-state index is -0.448. The van der Waals surface area contributed by atoms with E-state index in [1.807, 2.05) is 74.5 Å². The molecule has 3 aromatic rings. The van der Waals surface area contributed by atoms with Gasteiger partial charge in [-0.1, -0.05) is 42.0 Å². The minimum absolute atomic E-state index is 0.00471. The van der Waals surface area contributed by atoms with E-state index in [0.29, 0.717) is 36.8 Å². The quantitative estimate of drug-likeness (QED) is 0.186. The van der Waals surface area contributed by atoms with Crippen molar-refractivity contribution in [2.75, 3.05) is 13.7 Å². The third-order valence-corrected chi connectivity index (χ3v) is 5.92. The molecular weight excluding hydrogens is 555 g/mol. The van der Waals surface area contributed by atoms with Gasteiger partial charge in [0.05, 0.1) is 17.3 Å². The molecule has 0 aromatic heterocycles. The lowest BCUT2D eigenvalue weighted by atomic mass is 10.1. The van der Waals surface area contributed by atoms with Gasteiger partial charge in [0.25, 0.3) is 5.91 Å².